The Labute approximate surface area is 216 Å². The number of amides is 3. The van der Waals surface area contributed by atoms with Crippen molar-refractivity contribution < 1.29 is 19.1 Å². The van der Waals surface area contributed by atoms with Crippen molar-refractivity contribution in [3.05, 3.63) is 35.4 Å². The van der Waals surface area contributed by atoms with Gasteiger partial charge in [0.15, 0.2) is 0 Å². The summed E-state index contributed by atoms with van der Waals surface area (Å²) in [5.74, 6) is 0.197. The van der Waals surface area contributed by atoms with Crippen molar-refractivity contribution >= 4 is 29.7 Å². The van der Waals surface area contributed by atoms with E-state index >= 15 is 0 Å². The van der Waals surface area contributed by atoms with Crippen LogP contribution >= 0.6 is 11.8 Å². The van der Waals surface area contributed by atoms with Gasteiger partial charge in [-0.3, -0.25) is 9.59 Å². The summed E-state index contributed by atoms with van der Waals surface area (Å²) in [5, 5.41) is 5.88. The Morgan fingerprint density at radius 3 is 2.26 bits per heavy atom. The maximum Gasteiger partial charge on any atom is 0.408 e. The van der Waals surface area contributed by atoms with Crippen LogP contribution in [0.5, 0.6) is 0 Å². The van der Waals surface area contributed by atoms with Crippen LogP contribution in [0.2, 0.25) is 0 Å². The normalized spacial score (nSPS) is 13.9. The van der Waals surface area contributed by atoms with Crippen LogP contribution < -0.4 is 10.6 Å². The lowest BCUT2D eigenvalue weighted by atomic mass is 9.97. The van der Waals surface area contributed by atoms with Crippen LogP contribution in [0.25, 0.3) is 0 Å². The Morgan fingerprint density at radius 1 is 1.06 bits per heavy atom. The van der Waals surface area contributed by atoms with Gasteiger partial charge < -0.3 is 20.3 Å². The van der Waals surface area contributed by atoms with Gasteiger partial charge in [-0.2, -0.15) is 11.8 Å². The highest BCUT2D eigenvalue weighted by Gasteiger charge is 2.36. The smallest absolute Gasteiger partial charge is 0.408 e. The van der Waals surface area contributed by atoms with E-state index in [0.717, 1.165) is 24.0 Å². The lowest BCUT2D eigenvalue weighted by molar-refractivity contribution is -0.142. The summed E-state index contributed by atoms with van der Waals surface area (Å²) in [4.78, 5) is 41.8. The largest absolute Gasteiger partial charge is 0.444 e. The van der Waals surface area contributed by atoms with Crippen molar-refractivity contribution in [1.82, 2.24) is 15.5 Å². The molecule has 35 heavy (non-hydrogen) atoms. The second kappa shape index (κ2) is 15.0. The standard InChI is InChI=1S/C27H45N3O4S/c1-9-13-20(4)28-24(31)23(21-15-12-11-14-19(21)3)30(17-10-2)25(32)22(16-18-35-8)29-26(33)34-27(5,6)7/h11-12,14-15,20,22-23H,9-10,13,16-18H2,1-8H3,(H,28,31)(H,29,33). The molecule has 0 aliphatic rings. The molecular weight excluding hydrogens is 462 g/mol. The van der Waals surface area contributed by atoms with E-state index in [1.165, 1.54) is 0 Å². The Balaban J connectivity index is 3.41. The number of carbonyl (C=O) groups excluding carboxylic acids is 3. The zero-order chi connectivity index (χ0) is 26.6. The van der Waals surface area contributed by atoms with Gasteiger partial charge in [-0.15, -0.1) is 0 Å². The monoisotopic (exact) mass is 507 g/mol. The maximum atomic E-state index is 13.9. The quantitative estimate of drug-likeness (QED) is 0.382. The summed E-state index contributed by atoms with van der Waals surface area (Å²) < 4.78 is 5.42. The molecule has 0 fully saturated rings. The Bertz CT molecular complexity index is 825. The van der Waals surface area contributed by atoms with E-state index in [9.17, 15) is 14.4 Å². The Morgan fingerprint density at radius 2 is 1.71 bits per heavy atom. The average molecular weight is 508 g/mol. The fourth-order valence-electron chi connectivity index (χ4n) is 3.92. The van der Waals surface area contributed by atoms with E-state index in [1.54, 1.807) is 37.4 Å². The molecule has 3 unspecified atom stereocenters. The fraction of sp³-hybridized carbons (Fsp3) is 0.667. The molecule has 0 radical (unpaired) electrons. The summed E-state index contributed by atoms with van der Waals surface area (Å²) in [7, 11) is 0. The first-order valence-corrected chi connectivity index (χ1v) is 14.0. The van der Waals surface area contributed by atoms with Crippen LogP contribution in [0.4, 0.5) is 4.79 Å². The van der Waals surface area contributed by atoms with Crippen molar-refractivity contribution in [2.75, 3.05) is 18.6 Å². The number of hydrogen-bond donors (Lipinski definition) is 2. The lowest BCUT2D eigenvalue weighted by Gasteiger charge is -2.35. The van der Waals surface area contributed by atoms with Crippen molar-refractivity contribution in [2.45, 2.75) is 97.9 Å². The molecule has 8 heteroatoms. The third-order valence-electron chi connectivity index (χ3n) is 5.50. The fourth-order valence-corrected chi connectivity index (χ4v) is 4.39. The minimum atomic E-state index is -0.795. The Hall–Kier alpha value is -2.22. The molecule has 0 bridgehead atoms. The third-order valence-corrected chi connectivity index (χ3v) is 6.14. The molecular formula is C27H45N3O4S. The van der Waals surface area contributed by atoms with Crippen molar-refractivity contribution in [1.29, 1.82) is 0 Å². The molecule has 1 aromatic rings. The van der Waals surface area contributed by atoms with Crippen molar-refractivity contribution in [3.8, 4) is 0 Å². The number of ether oxygens (including phenoxy) is 1. The number of thioether (sulfide) groups is 1. The molecule has 0 aliphatic heterocycles. The van der Waals surface area contributed by atoms with Crippen LogP contribution in [-0.2, 0) is 14.3 Å². The number of aryl methyl sites for hydroxylation is 1. The highest BCUT2D eigenvalue weighted by molar-refractivity contribution is 7.98. The number of carbonyl (C=O) groups is 3. The predicted molar refractivity (Wildman–Crippen MR) is 145 cm³/mol. The molecule has 1 aromatic carbocycles. The molecule has 0 saturated carbocycles. The van der Waals surface area contributed by atoms with Gasteiger partial charge in [0.1, 0.15) is 17.7 Å². The minimum Gasteiger partial charge on any atom is -0.444 e. The molecule has 198 valence electrons. The summed E-state index contributed by atoms with van der Waals surface area (Å²) in [6, 6.07) is 6.06. The topological polar surface area (TPSA) is 87.7 Å². The molecule has 3 amide bonds. The second-order valence-corrected chi connectivity index (χ2v) is 11.0. The number of hydrogen-bond acceptors (Lipinski definition) is 5. The van der Waals surface area contributed by atoms with Gasteiger partial charge in [0.2, 0.25) is 11.8 Å². The summed E-state index contributed by atoms with van der Waals surface area (Å²) in [5.41, 5.74) is 1.04. The first kappa shape index (κ1) is 30.8. The molecule has 0 aliphatic carbocycles. The summed E-state index contributed by atoms with van der Waals surface area (Å²) >= 11 is 1.60. The van der Waals surface area contributed by atoms with Crippen molar-refractivity contribution in [2.24, 2.45) is 0 Å². The van der Waals surface area contributed by atoms with Gasteiger partial charge in [-0.25, -0.2) is 4.79 Å². The van der Waals surface area contributed by atoms with Crippen LogP contribution in [0.15, 0.2) is 24.3 Å². The van der Waals surface area contributed by atoms with Gasteiger partial charge in [0.25, 0.3) is 0 Å². The van der Waals surface area contributed by atoms with Crippen LogP contribution in [0, 0.1) is 6.92 Å². The number of rotatable bonds is 13. The zero-order valence-corrected chi connectivity index (χ0v) is 23.6. The van der Waals surface area contributed by atoms with E-state index in [-0.39, 0.29) is 17.9 Å². The minimum absolute atomic E-state index is 0.00947. The van der Waals surface area contributed by atoms with Gasteiger partial charge in [0, 0.05) is 12.6 Å². The first-order chi connectivity index (χ1) is 16.4. The maximum absolute atomic E-state index is 13.9. The predicted octanol–water partition coefficient (Wildman–Crippen LogP) is 5.23. The Kier molecular flexibility index (Phi) is 13.2. The van der Waals surface area contributed by atoms with Gasteiger partial charge in [-0.1, -0.05) is 44.5 Å². The van der Waals surface area contributed by atoms with Crippen LogP contribution in [0.1, 0.15) is 84.4 Å². The number of nitrogens with one attached hydrogen (secondary N) is 2. The lowest BCUT2D eigenvalue weighted by Crippen LogP contribution is -2.54. The SMILES string of the molecule is CCCC(C)NC(=O)C(c1ccccc1C)N(CCC)C(=O)C(CCSC)NC(=O)OC(C)(C)C. The van der Waals surface area contributed by atoms with E-state index in [2.05, 4.69) is 17.6 Å². The average Bonchev–Trinajstić information content (AvgIpc) is 2.75. The molecule has 1 rings (SSSR count). The van der Waals surface area contributed by atoms with Crippen LogP contribution in [-0.4, -0.2) is 59.0 Å². The van der Waals surface area contributed by atoms with E-state index in [1.807, 2.05) is 51.3 Å². The molecule has 0 spiro atoms. The molecule has 2 N–H and O–H groups in total. The number of benzene rings is 1. The molecule has 0 heterocycles. The van der Waals surface area contributed by atoms with E-state index in [0.29, 0.717) is 25.1 Å². The van der Waals surface area contributed by atoms with Gasteiger partial charge in [0.05, 0.1) is 0 Å². The van der Waals surface area contributed by atoms with Crippen LogP contribution in [0.3, 0.4) is 0 Å². The summed E-state index contributed by atoms with van der Waals surface area (Å²) in [6.45, 7) is 13.7. The van der Waals surface area contributed by atoms with Crippen molar-refractivity contribution in [3.63, 3.8) is 0 Å². The summed E-state index contributed by atoms with van der Waals surface area (Å²) in [6.07, 6.45) is 4.23. The van der Waals surface area contributed by atoms with Gasteiger partial charge in [-0.05, 0) is 77.0 Å². The highest BCUT2D eigenvalue weighted by atomic mass is 32.2. The number of alkyl carbamates (subject to hydrolysis) is 1. The number of nitrogens with zero attached hydrogens (tertiary/aromatic N) is 1. The van der Waals surface area contributed by atoms with E-state index < -0.39 is 23.8 Å². The highest BCUT2D eigenvalue weighted by Crippen LogP contribution is 2.26. The zero-order valence-electron chi connectivity index (χ0n) is 22.8. The van der Waals surface area contributed by atoms with Gasteiger partial charge >= 0.3 is 6.09 Å². The third kappa shape index (κ3) is 10.5. The first-order valence-electron chi connectivity index (χ1n) is 12.6. The molecule has 0 saturated heterocycles. The second-order valence-electron chi connectivity index (χ2n) is 9.97. The molecule has 0 aromatic heterocycles. The van der Waals surface area contributed by atoms with E-state index in [4.69, 9.17) is 4.74 Å². The molecule has 3 atom stereocenters. The molecule has 7 nitrogen and oxygen atoms in total.